The van der Waals surface area contributed by atoms with E-state index in [2.05, 4.69) is 0 Å². The third kappa shape index (κ3) is 3.99. The van der Waals surface area contributed by atoms with Crippen LogP contribution in [0, 0.1) is 35.8 Å². The maximum atomic E-state index is 16.0. The molecule has 5 aromatic carbocycles. The van der Waals surface area contributed by atoms with Crippen molar-refractivity contribution >= 4 is 51.7 Å². The number of amides is 2. The van der Waals surface area contributed by atoms with Crippen molar-refractivity contribution < 1.29 is 19.3 Å². The van der Waals surface area contributed by atoms with Crippen LogP contribution in [0.3, 0.4) is 0 Å². The number of benzene rings is 5. The molecule has 0 aromatic heterocycles. The summed E-state index contributed by atoms with van der Waals surface area (Å²) in [5, 5.41) is 12.4. The van der Waals surface area contributed by atoms with Gasteiger partial charge in [0, 0.05) is 11.1 Å². The van der Waals surface area contributed by atoms with Crippen LogP contribution >= 0.6 is 11.6 Å². The predicted octanol–water partition coefficient (Wildman–Crippen LogP) is 8.05. The molecule has 3 aliphatic rings. The van der Waals surface area contributed by atoms with Crippen molar-refractivity contribution in [2.24, 2.45) is 11.8 Å². The zero-order valence-electron chi connectivity index (χ0n) is 26.6. The van der Waals surface area contributed by atoms with Gasteiger partial charge in [0.1, 0.15) is 5.69 Å². The van der Waals surface area contributed by atoms with Crippen molar-refractivity contribution in [1.29, 1.82) is 0 Å². The van der Waals surface area contributed by atoms with Crippen LogP contribution in [0.2, 0.25) is 5.02 Å². The minimum Gasteiger partial charge on any atom is -0.297 e. The summed E-state index contributed by atoms with van der Waals surface area (Å²) in [6, 6.07) is 38.0. The van der Waals surface area contributed by atoms with Gasteiger partial charge >= 0.3 is 0 Å². The Labute approximate surface area is 287 Å². The number of nitro groups is 1. The first-order valence-electron chi connectivity index (χ1n) is 16.0. The first-order valence-corrected chi connectivity index (χ1v) is 16.4. The third-order valence-corrected chi connectivity index (χ3v) is 10.7. The summed E-state index contributed by atoms with van der Waals surface area (Å²) in [5.41, 5.74) is 2.17. The molecule has 240 valence electrons. The number of rotatable bonds is 6. The van der Waals surface area contributed by atoms with Crippen LogP contribution in [0.25, 0.3) is 11.1 Å². The SMILES string of the molecule is Cc1ccc(C2=C(c3ccc(C)cc3)[C@@]3(c4ccccc4)C(=O)[C@@]2(c2ccccc2)[C@@H]2C(=O)N(c4ccc(Cl)cc4[N+](=O)[O-])C(=O)[C@@H]23)cc1. The number of halogens is 1. The summed E-state index contributed by atoms with van der Waals surface area (Å²) in [6.07, 6.45) is 0. The molecular formula is C41H29ClN2O5. The number of hydrogen-bond acceptors (Lipinski definition) is 5. The van der Waals surface area contributed by atoms with Crippen molar-refractivity contribution in [3.63, 3.8) is 0 Å². The Hall–Kier alpha value is -5.66. The number of fused-ring (bicyclic) bond motifs is 5. The van der Waals surface area contributed by atoms with Crippen LogP contribution in [0.15, 0.2) is 127 Å². The van der Waals surface area contributed by atoms with Gasteiger partial charge in [-0.3, -0.25) is 24.5 Å². The van der Waals surface area contributed by atoms with Gasteiger partial charge in [-0.2, -0.15) is 0 Å². The van der Waals surface area contributed by atoms with E-state index < -0.39 is 45.1 Å². The molecule has 2 amide bonds. The van der Waals surface area contributed by atoms with Gasteiger partial charge < -0.3 is 0 Å². The van der Waals surface area contributed by atoms with Gasteiger partial charge in [0.25, 0.3) is 5.69 Å². The normalized spacial score (nSPS) is 24.1. The average Bonchev–Trinajstić information content (AvgIpc) is 3.62. The van der Waals surface area contributed by atoms with Crippen molar-refractivity contribution in [1.82, 2.24) is 0 Å². The largest absolute Gasteiger partial charge is 0.297 e. The quantitative estimate of drug-likeness (QED) is 0.104. The Balaban J connectivity index is 1.55. The summed E-state index contributed by atoms with van der Waals surface area (Å²) >= 11 is 6.17. The van der Waals surface area contributed by atoms with Gasteiger partial charge in [-0.25, -0.2) is 4.90 Å². The Morgan fingerprint density at radius 1 is 0.633 bits per heavy atom. The van der Waals surface area contributed by atoms with E-state index in [0.717, 1.165) is 33.2 Å². The van der Waals surface area contributed by atoms with Gasteiger partial charge in [-0.1, -0.05) is 132 Å². The smallest absolute Gasteiger partial charge is 0.294 e. The first-order chi connectivity index (χ1) is 23.6. The van der Waals surface area contributed by atoms with E-state index in [1.165, 1.54) is 12.1 Å². The number of Topliss-reactive ketones (excluding diaryl/α,β-unsaturated/α-hetero) is 1. The number of imide groups is 1. The Kier molecular flexibility index (Phi) is 6.84. The number of ketones is 1. The van der Waals surface area contributed by atoms with Crippen LogP contribution in [-0.2, 0) is 25.2 Å². The van der Waals surface area contributed by atoms with Gasteiger partial charge in [-0.05, 0) is 59.4 Å². The molecule has 0 spiro atoms. The first kappa shape index (κ1) is 30.7. The maximum absolute atomic E-state index is 16.0. The number of hydrogen-bond donors (Lipinski definition) is 0. The lowest BCUT2D eigenvalue weighted by molar-refractivity contribution is -0.384. The van der Waals surface area contributed by atoms with Gasteiger partial charge in [0.05, 0.1) is 27.6 Å². The summed E-state index contributed by atoms with van der Waals surface area (Å²) < 4.78 is 0. The molecule has 8 rings (SSSR count). The van der Waals surface area contributed by atoms with Crippen molar-refractivity contribution in [2.75, 3.05) is 4.90 Å². The minimum atomic E-state index is -1.61. The fourth-order valence-corrected chi connectivity index (χ4v) is 8.80. The number of nitro benzene ring substituents is 1. The molecule has 0 N–H and O–H groups in total. The predicted molar refractivity (Wildman–Crippen MR) is 188 cm³/mol. The second-order valence-electron chi connectivity index (χ2n) is 13.0. The van der Waals surface area contributed by atoms with Crippen molar-refractivity contribution in [2.45, 2.75) is 24.7 Å². The summed E-state index contributed by atoms with van der Waals surface area (Å²) in [7, 11) is 0. The monoisotopic (exact) mass is 664 g/mol. The Morgan fingerprint density at radius 3 is 1.47 bits per heavy atom. The Bertz CT molecular complexity index is 2120. The summed E-state index contributed by atoms with van der Waals surface area (Å²) in [4.78, 5) is 58.9. The summed E-state index contributed by atoms with van der Waals surface area (Å²) in [6.45, 7) is 3.96. The zero-order chi connectivity index (χ0) is 34.2. The van der Waals surface area contributed by atoms with Crippen molar-refractivity contribution in [3.05, 3.63) is 176 Å². The lowest BCUT2D eigenvalue weighted by atomic mass is 9.59. The molecule has 2 fully saturated rings. The third-order valence-electron chi connectivity index (χ3n) is 10.5. The molecule has 8 heteroatoms. The minimum absolute atomic E-state index is 0.0940. The molecule has 1 saturated carbocycles. The van der Waals surface area contributed by atoms with Crippen LogP contribution in [0.5, 0.6) is 0 Å². The molecule has 2 bridgehead atoms. The number of aryl methyl sites for hydroxylation is 2. The number of nitrogens with zero attached hydrogens (tertiary/aromatic N) is 2. The molecule has 0 radical (unpaired) electrons. The van der Waals surface area contributed by atoms with Gasteiger partial charge in [-0.15, -0.1) is 0 Å². The van der Waals surface area contributed by atoms with E-state index in [0.29, 0.717) is 22.3 Å². The molecule has 0 unspecified atom stereocenters. The second kappa shape index (κ2) is 10.9. The molecule has 1 heterocycles. The number of allylic oxidation sites excluding steroid dienone is 2. The number of anilines is 1. The van der Waals surface area contributed by atoms with E-state index >= 15 is 14.4 Å². The van der Waals surface area contributed by atoms with E-state index in [4.69, 9.17) is 11.6 Å². The van der Waals surface area contributed by atoms with Crippen LogP contribution in [0.4, 0.5) is 11.4 Å². The highest BCUT2D eigenvalue weighted by atomic mass is 35.5. The highest BCUT2D eigenvalue weighted by Gasteiger charge is 2.83. The van der Waals surface area contributed by atoms with E-state index in [-0.39, 0.29) is 16.5 Å². The molecule has 7 nitrogen and oxygen atoms in total. The fourth-order valence-electron chi connectivity index (χ4n) is 8.63. The number of carbonyl (C=O) groups excluding carboxylic acids is 3. The van der Waals surface area contributed by atoms with E-state index in [1.54, 1.807) is 0 Å². The highest BCUT2D eigenvalue weighted by molar-refractivity contribution is 6.39. The lowest BCUT2D eigenvalue weighted by Crippen LogP contribution is -2.45. The van der Waals surface area contributed by atoms with Crippen LogP contribution < -0.4 is 4.90 Å². The van der Waals surface area contributed by atoms with Crippen LogP contribution in [0.1, 0.15) is 33.4 Å². The van der Waals surface area contributed by atoms with E-state index in [1.807, 2.05) is 123 Å². The molecule has 1 saturated heterocycles. The molecule has 5 aromatic rings. The van der Waals surface area contributed by atoms with Crippen molar-refractivity contribution in [3.8, 4) is 0 Å². The lowest BCUT2D eigenvalue weighted by Gasteiger charge is -2.39. The van der Waals surface area contributed by atoms with E-state index in [9.17, 15) is 10.1 Å². The average molecular weight is 665 g/mol. The number of carbonyl (C=O) groups is 3. The van der Waals surface area contributed by atoms with Gasteiger partial charge in [0.2, 0.25) is 11.8 Å². The molecule has 1 aliphatic heterocycles. The molecule has 49 heavy (non-hydrogen) atoms. The molecule has 2 aliphatic carbocycles. The molecular weight excluding hydrogens is 636 g/mol. The standard InChI is InChI=1S/C41H29ClN2O5/c1-24-13-17-26(18-14-24)33-34(27-19-15-25(2)16-20-27)41(29-11-7-4-8-12-29)36-35(40(33,39(41)47)28-9-5-3-6-10-28)37(45)43(38(36)46)31-22-21-30(42)23-32(31)44(48)49/h3-23,35-36H,1-2H3/t35-,36+,40-,41-/m1/s1. The fraction of sp³-hybridized carbons (Fsp3) is 0.146. The van der Waals surface area contributed by atoms with Crippen LogP contribution in [-0.4, -0.2) is 22.5 Å². The maximum Gasteiger partial charge on any atom is 0.294 e. The topological polar surface area (TPSA) is 97.6 Å². The Morgan fingerprint density at radius 2 is 1.06 bits per heavy atom. The second-order valence-corrected chi connectivity index (χ2v) is 13.5. The zero-order valence-corrected chi connectivity index (χ0v) is 27.3. The summed E-state index contributed by atoms with van der Waals surface area (Å²) in [5.74, 6) is -3.98. The highest BCUT2D eigenvalue weighted by Crippen LogP contribution is 2.74. The molecule has 4 atom stereocenters. The van der Waals surface area contributed by atoms with Gasteiger partial charge in [0.15, 0.2) is 5.78 Å².